The summed E-state index contributed by atoms with van der Waals surface area (Å²) < 4.78 is 29.2. The van der Waals surface area contributed by atoms with E-state index < -0.39 is 0 Å². The van der Waals surface area contributed by atoms with Gasteiger partial charge in [0.1, 0.15) is 34.1 Å². The molecule has 4 aromatic heterocycles. The molecule has 0 saturated heterocycles. The van der Waals surface area contributed by atoms with E-state index in [-0.39, 0.29) is 28.8 Å². The number of rotatable bonds is 4. The van der Waals surface area contributed by atoms with Crippen LogP contribution < -0.4 is 11.1 Å². The molecule has 0 fully saturated rings. The topological polar surface area (TPSA) is 95.6 Å². The Hall–Kier alpha value is -5.12. The first-order valence-electron chi connectivity index (χ1n) is 13.0. The molecule has 0 saturated carbocycles. The second kappa shape index (κ2) is 11.5. The molecule has 6 aromatic rings. The molecule has 0 radical (unpaired) electrons. The van der Waals surface area contributed by atoms with E-state index >= 15 is 0 Å². The molecule has 0 atom stereocenters. The molecule has 0 unspecified atom stereocenters. The van der Waals surface area contributed by atoms with Crippen LogP contribution in [0.4, 0.5) is 8.78 Å². The predicted octanol–water partition coefficient (Wildman–Crippen LogP) is 5.80. The van der Waals surface area contributed by atoms with E-state index in [2.05, 4.69) is 19.9 Å². The number of benzene rings is 2. The first kappa shape index (κ1) is 27.4. The summed E-state index contributed by atoms with van der Waals surface area (Å²) in [5.74, 6) is -0.683. The number of pyridine rings is 2. The summed E-state index contributed by atoms with van der Waals surface area (Å²) in [7, 11) is 0. The van der Waals surface area contributed by atoms with Crippen LogP contribution in [0.2, 0.25) is 0 Å². The summed E-state index contributed by atoms with van der Waals surface area (Å²) >= 11 is 0. The fourth-order valence-corrected chi connectivity index (χ4v) is 4.48. The number of aromatic nitrogens is 6. The highest BCUT2D eigenvalue weighted by atomic mass is 19.1. The molecule has 0 amide bonds. The fraction of sp³-hybridized carbons (Fsp3) is 0.161. The Morgan fingerprint density at radius 2 is 1.15 bits per heavy atom. The molecule has 8 nitrogen and oxygen atoms in total. The van der Waals surface area contributed by atoms with Crippen LogP contribution in [0, 0.1) is 11.6 Å². The number of aryl methyl sites for hydroxylation is 1. The molecular weight excluding hydrogens is 526 g/mol. The molecule has 4 heterocycles. The Kier molecular flexibility index (Phi) is 7.73. The highest BCUT2D eigenvalue weighted by molar-refractivity contribution is 5.75. The summed E-state index contributed by atoms with van der Waals surface area (Å²) in [6.45, 7) is 6.22. The minimum Gasteiger partial charge on any atom is -0.290 e. The molecular formula is C31H26F2N6O2. The Bertz CT molecular complexity index is 1970. The zero-order valence-corrected chi connectivity index (χ0v) is 22.6. The van der Waals surface area contributed by atoms with Gasteiger partial charge < -0.3 is 0 Å². The number of nitrogens with zero attached hydrogens (tertiary/aromatic N) is 6. The SMILES string of the molecule is CC(C)n1c(=O)c(-c2ccc(F)cc2)nc2cccnc21.CCn1c(=O)c(-c2ccc(F)cc2)nc2cccnc21. The summed E-state index contributed by atoms with van der Waals surface area (Å²) in [5.41, 5.74) is 3.79. The number of hydrogen-bond donors (Lipinski definition) is 0. The number of fused-ring (bicyclic) bond motifs is 2. The maximum Gasteiger partial charge on any atom is 0.278 e. The van der Waals surface area contributed by atoms with Crippen molar-refractivity contribution in [2.75, 3.05) is 0 Å². The standard InChI is InChI=1S/C16H14FN3O.C15H12FN3O/c1-10(2)20-15-13(4-3-9-18-15)19-14(16(20)21)11-5-7-12(17)8-6-11;1-2-19-14-12(4-3-9-17-14)18-13(15(19)20)10-5-7-11(16)8-6-10/h3-10H,1-2H3;3-9H,2H2,1H3. The smallest absolute Gasteiger partial charge is 0.278 e. The van der Waals surface area contributed by atoms with Crippen LogP contribution >= 0.6 is 0 Å². The van der Waals surface area contributed by atoms with Gasteiger partial charge in [-0.05, 0) is 93.6 Å². The van der Waals surface area contributed by atoms with Crippen molar-refractivity contribution in [3.8, 4) is 22.5 Å². The van der Waals surface area contributed by atoms with Gasteiger partial charge in [-0.2, -0.15) is 0 Å². The van der Waals surface area contributed by atoms with Crippen LogP contribution in [0.15, 0.2) is 94.8 Å². The van der Waals surface area contributed by atoms with Crippen LogP contribution in [-0.4, -0.2) is 29.1 Å². The Morgan fingerprint density at radius 3 is 1.63 bits per heavy atom. The van der Waals surface area contributed by atoms with Crippen molar-refractivity contribution >= 4 is 22.3 Å². The molecule has 0 aliphatic heterocycles. The third kappa shape index (κ3) is 5.49. The zero-order chi connectivity index (χ0) is 29.1. The lowest BCUT2D eigenvalue weighted by Gasteiger charge is -2.14. The minimum absolute atomic E-state index is 0.0444. The summed E-state index contributed by atoms with van der Waals surface area (Å²) in [6, 6.07) is 18.6. The van der Waals surface area contributed by atoms with Crippen LogP contribution in [0.1, 0.15) is 26.8 Å². The van der Waals surface area contributed by atoms with Crippen molar-refractivity contribution in [2.24, 2.45) is 0 Å². The van der Waals surface area contributed by atoms with Gasteiger partial charge in [0.25, 0.3) is 11.1 Å². The summed E-state index contributed by atoms with van der Waals surface area (Å²) in [4.78, 5) is 42.4. The van der Waals surface area contributed by atoms with E-state index in [9.17, 15) is 18.4 Å². The third-order valence-electron chi connectivity index (χ3n) is 6.42. The van der Waals surface area contributed by atoms with E-state index in [0.717, 1.165) is 0 Å². The quantitative estimate of drug-likeness (QED) is 0.275. The average molecular weight is 553 g/mol. The fourth-order valence-electron chi connectivity index (χ4n) is 4.48. The number of hydrogen-bond acceptors (Lipinski definition) is 6. The molecule has 0 aliphatic rings. The lowest BCUT2D eigenvalue weighted by atomic mass is 10.1. The molecule has 10 heteroatoms. The van der Waals surface area contributed by atoms with Crippen LogP contribution in [0.3, 0.4) is 0 Å². The van der Waals surface area contributed by atoms with Gasteiger partial charge in [0.05, 0.1) is 0 Å². The van der Waals surface area contributed by atoms with Crippen LogP contribution in [0.25, 0.3) is 44.8 Å². The van der Waals surface area contributed by atoms with Gasteiger partial charge in [0.15, 0.2) is 11.3 Å². The van der Waals surface area contributed by atoms with E-state index in [0.29, 0.717) is 51.4 Å². The van der Waals surface area contributed by atoms with Gasteiger partial charge in [-0.25, -0.2) is 28.7 Å². The van der Waals surface area contributed by atoms with Gasteiger partial charge in [-0.3, -0.25) is 18.7 Å². The first-order chi connectivity index (χ1) is 19.8. The van der Waals surface area contributed by atoms with E-state index in [4.69, 9.17) is 0 Å². The summed E-state index contributed by atoms with van der Waals surface area (Å²) in [6.07, 6.45) is 3.27. The summed E-state index contributed by atoms with van der Waals surface area (Å²) in [5, 5.41) is 0. The molecule has 2 aromatic carbocycles. The molecule has 41 heavy (non-hydrogen) atoms. The lowest BCUT2D eigenvalue weighted by Crippen LogP contribution is -2.25. The van der Waals surface area contributed by atoms with Crippen LogP contribution in [-0.2, 0) is 6.54 Å². The molecule has 0 spiro atoms. The highest BCUT2D eigenvalue weighted by Gasteiger charge is 2.15. The molecule has 206 valence electrons. The largest absolute Gasteiger partial charge is 0.290 e. The van der Waals surface area contributed by atoms with Crippen molar-refractivity contribution in [2.45, 2.75) is 33.4 Å². The monoisotopic (exact) mass is 552 g/mol. The molecule has 6 rings (SSSR count). The molecule has 0 bridgehead atoms. The second-order valence-corrected chi connectivity index (χ2v) is 9.45. The maximum atomic E-state index is 13.0. The Labute approximate surface area is 233 Å². The van der Waals surface area contributed by atoms with Gasteiger partial charge in [0.2, 0.25) is 0 Å². The Balaban J connectivity index is 0.000000165. The minimum atomic E-state index is -0.342. The number of halogens is 2. The third-order valence-corrected chi connectivity index (χ3v) is 6.42. The predicted molar refractivity (Wildman–Crippen MR) is 154 cm³/mol. The normalized spacial score (nSPS) is 11.1. The highest BCUT2D eigenvalue weighted by Crippen LogP contribution is 2.19. The molecule has 0 aliphatic carbocycles. The van der Waals surface area contributed by atoms with Gasteiger partial charge in [-0.1, -0.05) is 0 Å². The van der Waals surface area contributed by atoms with Gasteiger partial charge in [-0.15, -0.1) is 0 Å². The molecule has 0 N–H and O–H groups in total. The van der Waals surface area contributed by atoms with Gasteiger partial charge in [0, 0.05) is 36.1 Å². The van der Waals surface area contributed by atoms with E-state index in [1.54, 1.807) is 64.0 Å². The lowest BCUT2D eigenvalue weighted by molar-refractivity contribution is 0.593. The Morgan fingerprint density at radius 1 is 0.683 bits per heavy atom. The van der Waals surface area contributed by atoms with Crippen LogP contribution in [0.5, 0.6) is 0 Å². The average Bonchev–Trinajstić information content (AvgIpc) is 2.98. The van der Waals surface area contributed by atoms with Crippen molar-refractivity contribution in [3.05, 3.63) is 118 Å². The van der Waals surface area contributed by atoms with Gasteiger partial charge >= 0.3 is 0 Å². The first-order valence-corrected chi connectivity index (χ1v) is 13.0. The second-order valence-electron chi connectivity index (χ2n) is 9.45. The van der Waals surface area contributed by atoms with E-state index in [1.165, 1.54) is 24.3 Å². The maximum absolute atomic E-state index is 13.0. The van der Waals surface area contributed by atoms with Crippen molar-refractivity contribution in [1.29, 1.82) is 0 Å². The zero-order valence-electron chi connectivity index (χ0n) is 22.6. The van der Waals surface area contributed by atoms with E-state index in [1.807, 2.05) is 26.8 Å². The van der Waals surface area contributed by atoms with Crippen molar-refractivity contribution in [3.63, 3.8) is 0 Å². The van der Waals surface area contributed by atoms with Crippen molar-refractivity contribution in [1.82, 2.24) is 29.1 Å². The van der Waals surface area contributed by atoms with Crippen molar-refractivity contribution < 1.29 is 8.78 Å².